The van der Waals surface area contributed by atoms with E-state index in [-0.39, 0.29) is 16.8 Å². The standard InChI is InChI=1S/C19H17N3O4S2/c1-12-18(23)20-15-9-14(7-8-17(15)26-12)16-10-27-19(21-16)22-28(24,25)11-13-5-3-2-4-6-13/h2-10,12H,11H2,1H3,(H,20,23)(H,21,22). The van der Waals surface area contributed by atoms with E-state index in [4.69, 9.17) is 4.74 Å². The number of carbonyl (C=O) groups is 1. The molecule has 9 heteroatoms. The third-order valence-corrected chi connectivity index (χ3v) is 6.26. The molecule has 0 radical (unpaired) electrons. The number of amides is 1. The first-order valence-corrected chi connectivity index (χ1v) is 11.0. The Kier molecular flexibility index (Phi) is 4.78. The minimum Gasteiger partial charge on any atom is -0.479 e. The van der Waals surface area contributed by atoms with Crippen molar-refractivity contribution in [3.8, 4) is 17.0 Å². The molecule has 1 amide bonds. The Hall–Kier alpha value is -2.91. The van der Waals surface area contributed by atoms with Crippen LogP contribution in [0.3, 0.4) is 0 Å². The smallest absolute Gasteiger partial charge is 0.265 e. The van der Waals surface area contributed by atoms with Crippen LogP contribution in [0.2, 0.25) is 0 Å². The van der Waals surface area contributed by atoms with E-state index in [2.05, 4.69) is 15.0 Å². The van der Waals surface area contributed by atoms with Crippen molar-refractivity contribution >= 4 is 38.1 Å². The van der Waals surface area contributed by atoms with Gasteiger partial charge in [-0.05, 0) is 30.7 Å². The van der Waals surface area contributed by atoms with Crippen LogP contribution in [-0.2, 0) is 20.6 Å². The number of anilines is 2. The Morgan fingerprint density at radius 1 is 1.21 bits per heavy atom. The van der Waals surface area contributed by atoms with Gasteiger partial charge in [0, 0.05) is 10.9 Å². The summed E-state index contributed by atoms with van der Waals surface area (Å²) in [4.78, 5) is 16.2. The van der Waals surface area contributed by atoms with Gasteiger partial charge in [0.15, 0.2) is 11.2 Å². The van der Waals surface area contributed by atoms with E-state index in [1.54, 1.807) is 48.7 Å². The number of rotatable bonds is 5. The number of benzene rings is 2. The zero-order valence-electron chi connectivity index (χ0n) is 14.9. The number of aromatic nitrogens is 1. The minimum atomic E-state index is -3.56. The van der Waals surface area contributed by atoms with Crippen LogP contribution in [0.1, 0.15) is 12.5 Å². The van der Waals surface area contributed by atoms with Crippen molar-refractivity contribution in [1.82, 2.24) is 4.98 Å². The molecule has 0 saturated heterocycles. The number of fused-ring (bicyclic) bond motifs is 1. The molecule has 0 aliphatic carbocycles. The van der Waals surface area contributed by atoms with E-state index in [0.717, 1.165) is 5.56 Å². The third-order valence-electron chi connectivity index (χ3n) is 4.15. The molecule has 0 saturated carbocycles. The number of hydrogen-bond donors (Lipinski definition) is 2. The average Bonchev–Trinajstić information content (AvgIpc) is 3.10. The van der Waals surface area contributed by atoms with Crippen molar-refractivity contribution in [2.75, 3.05) is 10.0 Å². The molecule has 0 fully saturated rings. The van der Waals surface area contributed by atoms with E-state index in [1.807, 2.05) is 12.1 Å². The summed E-state index contributed by atoms with van der Waals surface area (Å²) in [6, 6.07) is 14.3. The molecule has 7 nitrogen and oxygen atoms in total. The molecule has 0 bridgehead atoms. The largest absolute Gasteiger partial charge is 0.479 e. The highest BCUT2D eigenvalue weighted by atomic mass is 32.2. The van der Waals surface area contributed by atoms with Gasteiger partial charge in [0.1, 0.15) is 5.75 Å². The van der Waals surface area contributed by atoms with Crippen molar-refractivity contribution in [2.45, 2.75) is 18.8 Å². The fourth-order valence-electron chi connectivity index (χ4n) is 2.78. The summed E-state index contributed by atoms with van der Waals surface area (Å²) in [6.45, 7) is 1.68. The lowest BCUT2D eigenvalue weighted by Crippen LogP contribution is -2.34. The molecule has 1 aliphatic rings. The van der Waals surface area contributed by atoms with Gasteiger partial charge < -0.3 is 10.1 Å². The lowest BCUT2D eigenvalue weighted by molar-refractivity contribution is -0.122. The second-order valence-electron chi connectivity index (χ2n) is 6.34. The lowest BCUT2D eigenvalue weighted by Gasteiger charge is -2.23. The third kappa shape index (κ3) is 4.00. The molecule has 1 unspecified atom stereocenters. The second-order valence-corrected chi connectivity index (χ2v) is 8.93. The minimum absolute atomic E-state index is 0.122. The normalized spacial score (nSPS) is 16.0. The first-order valence-electron chi connectivity index (χ1n) is 8.51. The topological polar surface area (TPSA) is 97.4 Å². The number of thiazole rings is 1. The second kappa shape index (κ2) is 7.25. The van der Waals surface area contributed by atoms with Gasteiger partial charge in [-0.15, -0.1) is 11.3 Å². The SMILES string of the molecule is CC1Oc2ccc(-c3csc(NS(=O)(=O)Cc4ccccc4)n3)cc2NC1=O. The van der Waals surface area contributed by atoms with Gasteiger partial charge >= 0.3 is 0 Å². The first-order chi connectivity index (χ1) is 13.4. The maximum absolute atomic E-state index is 12.4. The quantitative estimate of drug-likeness (QED) is 0.665. The van der Waals surface area contributed by atoms with Crippen LogP contribution in [0.5, 0.6) is 5.75 Å². The predicted molar refractivity (Wildman–Crippen MR) is 109 cm³/mol. The van der Waals surface area contributed by atoms with Gasteiger partial charge in [0.05, 0.1) is 17.1 Å². The molecule has 2 aromatic carbocycles. The molecule has 144 valence electrons. The van der Waals surface area contributed by atoms with Gasteiger partial charge in [0.25, 0.3) is 5.91 Å². The molecule has 4 rings (SSSR count). The Bertz CT molecular complexity index is 1130. The Morgan fingerprint density at radius 2 is 2.00 bits per heavy atom. The fourth-order valence-corrected chi connectivity index (χ4v) is 4.94. The van der Waals surface area contributed by atoms with Gasteiger partial charge in [0.2, 0.25) is 10.0 Å². The van der Waals surface area contributed by atoms with Crippen molar-refractivity contribution in [1.29, 1.82) is 0 Å². The van der Waals surface area contributed by atoms with Crippen LogP contribution in [0.25, 0.3) is 11.3 Å². The Morgan fingerprint density at radius 3 is 2.79 bits per heavy atom. The van der Waals surface area contributed by atoms with E-state index >= 15 is 0 Å². The zero-order chi connectivity index (χ0) is 19.7. The summed E-state index contributed by atoms with van der Waals surface area (Å²) in [5.74, 6) is 0.260. The van der Waals surface area contributed by atoms with Crippen LogP contribution in [-0.4, -0.2) is 25.4 Å². The van der Waals surface area contributed by atoms with Crippen LogP contribution >= 0.6 is 11.3 Å². The van der Waals surface area contributed by atoms with E-state index < -0.39 is 16.1 Å². The molecule has 2 heterocycles. The van der Waals surface area contributed by atoms with Crippen molar-refractivity contribution in [3.63, 3.8) is 0 Å². The molecular weight excluding hydrogens is 398 g/mol. The number of nitrogens with one attached hydrogen (secondary N) is 2. The van der Waals surface area contributed by atoms with E-state index in [9.17, 15) is 13.2 Å². The highest BCUT2D eigenvalue weighted by Gasteiger charge is 2.24. The summed E-state index contributed by atoms with van der Waals surface area (Å²) in [6.07, 6.45) is -0.539. The number of hydrogen-bond acceptors (Lipinski definition) is 6. The van der Waals surface area contributed by atoms with Crippen molar-refractivity contribution in [3.05, 3.63) is 59.5 Å². The fraction of sp³-hybridized carbons (Fsp3) is 0.158. The molecule has 3 aromatic rings. The summed E-state index contributed by atoms with van der Waals surface area (Å²) in [5, 5.41) is 4.84. The molecule has 1 aromatic heterocycles. The van der Waals surface area contributed by atoms with Crippen LogP contribution in [0, 0.1) is 0 Å². The molecule has 28 heavy (non-hydrogen) atoms. The summed E-state index contributed by atoms with van der Waals surface area (Å²) in [7, 11) is -3.56. The van der Waals surface area contributed by atoms with Gasteiger partial charge in [-0.3, -0.25) is 9.52 Å². The molecule has 0 spiro atoms. The number of carbonyl (C=O) groups excluding carboxylic acids is 1. The van der Waals surface area contributed by atoms with Crippen molar-refractivity contribution in [2.24, 2.45) is 0 Å². The van der Waals surface area contributed by atoms with E-state index in [1.165, 1.54) is 11.3 Å². The van der Waals surface area contributed by atoms with Crippen LogP contribution < -0.4 is 14.8 Å². The molecule has 2 N–H and O–H groups in total. The Balaban J connectivity index is 1.52. The zero-order valence-corrected chi connectivity index (χ0v) is 16.5. The molecule has 1 atom stereocenters. The number of ether oxygens (including phenoxy) is 1. The van der Waals surface area contributed by atoms with Gasteiger partial charge in [-0.2, -0.15) is 0 Å². The summed E-state index contributed by atoms with van der Waals surface area (Å²) >= 11 is 1.20. The Labute approximate surface area is 166 Å². The van der Waals surface area contributed by atoms with E-state index in [0.29, 0.717) is 22.7 Å². The average molecular weight is 415 g/mol. The highest BCUT2D eigenvalue weighted by Crippen LogP contribution is 2.35. The summed E-state index contributed by atoms with van der Waals surface area (Å²) in [5.41, 5.74) is 2.63. The monoisotopic (exact) mass is 415 g/mol. The molecule has 1 aliphatic heterocycles. The van der Waals surface area contributed by atoms with Crippen LogP contribution in [0.4, 0.5) is 10.8 Å². The predicted octanol–water partition coefficient (Wildman–Crippen LogP) is 3.47. The first kappa shape index (κ1) is 18.5. The summed E-state index contributed by atoms with van der Waals surface area (Å²) < 4.78 is 32.8. The maximum atomic E-state index is 12.4. The number of sulfonamides is 1. The number of nitrogens with zero attached hydrogens (tertiary/aromatic N) is 1. The highest BCUT2D eigenvalue weighted by molar-refractivity contribution is 7.92. The molecular formula is C19H17N3O4S2. The van der Waals surface area contributed by atoms with Crippen molar-refractivity contribution < 1.29 is 17.9 Å². The lowest BCUT2D eigenvalue weighted by atomic mass is 10.1. The van der Waals surface area contributed by atoms with Gasteiger partial charge in [-0.25, -0.2) is 13.4 Å². The van der Waals surface area contributed by atoms with Gasteiger partial charge in [-0.1, -0.05) is 30.3 Å². The maximum Gasteiger partial charge on any atom is 0.265 e. The van der Waals surface area contributed by atoms with Crippen LogP contribution in [0.15, 0.2) is 53.9 Å².